The molecular formula is C15H18O4. The van der Waals surface area contributed by atoms with Crippen LogP contribution >= 0.6 is 0 Å². The van der Waals surface area contributed by atoms with E-state index in [2.05, 4.69) is 0 Å². The third-order valence-corrected chi connectivity index (χ3v) is 3.53. The average Bonchev–Trinajstić information content (AvgIpc) is 2.45. The van der Waals surface area contributed by atoms with E-state index in [4.69, 9.17) is 9.47 Å². The summed E-state index contributed by atoms with van der Waals surface area (Å²) in [6.45, 7) is 0. The van der Waals surface area contributed by atoms with Gasteiger partial charge in [0.1, 0.15) is 17.3 Å². The fraction of sp³-hybridized carbons (Fsp3) is 0.467. The van der Waals surface area contributed by atoms with Gasteiger partial charge in [0.05, 0.1) is 19.8 Å². The van der Waals surface area contributed by atoms with Gasteiger partial charge in [-0.05, 0) is 25.0 Å². The van der Waals surface area contributed by atoms with Gasteiger partial charge in [-0.25, -0.2) is 0 Å². The van der Waals surface area contributed by atoms with Crippen molar-refractivity contribution in [2.75, 3.05) is 14.2 Å². The minimum Gasteiger partial charge on any atom is -0.497 e. The number of hydrogen-bond donors (Lipinski definition) is 0. The van der Waals surface area contributed by atoms with Crippen LogP contribution in [0.15, 0.2) is 18.2 Å². The molecule has 1 aliphatic rings. The van der Waals surface area contributed by atoms with E-state index in [1.807, 2.05) is 0 Å². The summed E-state index contributed by atoms with van der Waals surface area (Å²) in [6.07, 6.45) is 2.53. The van der Waals surface area contributed by atoms with Gasteiger partial charge >= 0.3 is 0 Å². The summed E-state index contributed by atoms with van der Waals surface area (Å²) in [7, 11) is 3.09. The standard InChI is InChI=1S/C15H18O4/c1-18-12-6-7-13(14(9-12)19-2)15(17)10-4-3-5-11(16)8-10/h6-7,9-10H,3-5,8H2,1-2H3. The molecule has 1 unspecified atom stereocenters. The lowest BCUT2D eigenvalue weighted by Gasteiger charge is -2.20. The lowest BCUT2D eigenvalue weighted by molar-refractivity contribution is -0.121. The summed E-state index contributed by atoms with van der Waals surface area (Å²) in [6, 6.07) is 5.14. The molecule has 1 aliphatic carbocycles. The summed E-state index contributed by atoms with van der Waals surface area (Å²) >= 11 is 0. The van der Waals surface area contributed by atoms with Crippen molar-refractivity contribution in [1.29, 1.82) is 0 Å². The Morgan fingerprint density at radius 3 is 2.68 bits per heavy atom. The smallest absolute Gasteiger partial charge is 0.170 e. The van der Waals surface area contributed by atoms with Crippen LogP contribution < -0.4 is 9.47 Å². The van der Waals surface area contributed by atoms with Gasteiger partial charge in [0.25, 0.3) is 0 Å². The minimum absolute atomic E-state index is 0.00690. The van der Waals surface area contributed by atoms with Crippen LogP contribution in [-0.2, 0) is 4.79 Å². The Morgan fingerprint density at radius 1 is 1.26 bits per heavy atom. The average molecular weight is 262 g/mol. The lowest BCUT2D eigenvalue weighted by Crippen LogP contribution is -2.23. The summed E-state index contributed by atoms with van der Waals surface area (Å²) in [5.41, 5.74) is 0.531. The number of ketones is 2. The molecule has 4 nitrogen and oxygen atoms in total. The predicted octanol–water partition coefficient (Wildman–Crippen LogP) is 2.65. The number of benzene rings is 1. The molecule has 0 bridgehead atoms. The van der Waals surface area contributed by atoms with Gasteiger partial charge < -0.3 is 9.47 Å². The molecule has 19 heavy (non-hydrogen) atoms. The van der Waals surface area contributed by atoms with Crippen molar-refractivity contribution in [2.24, 2.45) is 5.92 Å². The normalized spacial score (nSPS) is 19.1. The molecule has 0 aromatic heterocycles. The fourth-order valence-electron chi connectivity index (χ4n) is 2.47. The van der Waals surface area contributed by atoms with Gasteiger partial charge in [-0.1, -0.05) is 0 Å². The molecule has 1 aromatic rings. The second-order valence-electron chi connectivity index (χ2n) is 4.76. The van der Waals surface area contributed by atoms with Crippen LogP contribution in [0.5, 0.6) is 11.5 Å². The van der Waals surface area contributed by atoms with E-state index in [1.165, 1.54) is 7.11 Å². The highest BCUT2D eigenvalue weighted by Crippen LogP contribution is 2.31. The molecule has 0 heterocycles. The minimum atomic E-state index is -0.205. The predicted molar refractivity (Wildman–Crippen MR) is 70.8 cm³/mol. The van der Waals surface area contributed by atoms with Crippen molar-refractivity contribution in [3.63, 3.8) is 0 Å². The highest BCUT2D eigenvalue weighted by Gasteiger charge is 2.28. The summed E-state index contributed by atoms with van der Waals surface area (Å²) in [5, 5.41) is 0. The molecule has 0 amide bonds. The van der Waals surface area contributed by atoms with E-state index in [1.54, 1.807) is 25.3 Å². The van der Waals surface area contributed by atoms with Gasteiger partial charge in [-0.3, -0.25) is 9.59 Å². The van der Waals surface area contributed by atoms with Crippen LogP contribution in [0, 0.1) is 5.92 Å². The van der Waals surface area contributed by atoms with Crippen LogP contribution in [0.1, 0.15) is 36.0 Å². The maximum absolute atomic E-state index is 12.5. The quantitative estimate of drug-likeness (QED) is 0.783. The Hall–Kier alpha value is -1.84. The van der Waals surface area contributed by atoms with Crippen molar-refractivity contribution in [3.8, 4) is 11.5 Å². The second kappa shape index (κ2) is 5.87. The molecule has 0 N–H and O–H groups in total. The molecule has 0 spiro atoms. The molecule has 1 fully saturated rings. The van der Waals surface area contributed by atoms with Gasteiger partial charge in [-0.15, -0.1) is 0 Å². The van der Waals surface area contributed by atoms with Gasteiger partial charge in [0.2, 0.25) is 0 Å². The summed E-state index contributed by atoms with van der Waals surface area (Å²) < 4.78 is 10.3. The van der Waals surface area contributed by atoms with Crippen molar-refractivity contribution >= 4 is 11.6 Å². The van der Waals surface area contributed by atoms with Crippen molar-refractivity contribution in [3.05, 3.63) is 23.8 Å². The van der Waals surface area contributed by atoms with Crippen LogP contribution in [0.25, 0.3) is 0 Å². The molecule has 1 saturated carbocycles. The number of hydrogen-bond acceptors (Lipinski definition) is 4. The zero-order valence-electron chi connectivity index (χ0n) is 11.3. The van der Waals surface area contributed by atoms with Crippen LogP contribution in [0.2, 0.25) is 0 Å². The first-order valence-corrected chi connectivity index (χ1v) is 6.43. The molecule has 0 radical (unpaired) electrons. The van der Waals surface area contributed by atoms with Crippen LogP contribution in [-0.4, -0.2) is 25.8 Å². The third-order valence-electron chi connectivity index (χ3n) is 3.53. The zero-order valence-corrected chi connectivity index (χ0v) is 11.3. The number of methoxy groups -OCH3 is 2. The van der Waals surface area contributed by atoms with Crippen molar-refractivity contribution in [2.45, 2.75) is 25.7 Å². The van der Waals surface area contributed by atoms with E-state index < -0.39 is 0 Å². The molecule has 0 aliphatic heterocycles. The molecule has 2 rings (SSSR count). The highest BCUT2D eigenvalue weighted by atomic mass is 16.5. The lowest BCUT2D eigenvalue weighted by atomic mass is 9.83. The van der Waals surface area contributed by atoms with E-state index in [9.17, 15) is 9.59 Å². The van der Waals surface area contributed by atoms with Crippen LogP contribution in [0.3, 0.4) is 0 Å². The van der Waals surface area contributed by atoms with E-state index in [0.29, 0.717) is 29.9 Å². The SMILES string of the molecule is COc1ccc(C(=O)C2CCCC(=O)C2)c(OC)c1. The summed E-state index contributed by atoms with van der Waals surface area (Å²) in [4.78, 5) is 23.9. The molecule has 102 valence electrons. The third kappa shape index (κ3) is 2.95. The number of Topliss-reactive ketones (excluding diaryl/α,β-unsaturated/α-hetero) is 2. The fourth-order valence-corrected chi connectivity index (χ4v) is 2.47. The molecular weight excluding hydrogens is 244 g/mol. The van der Waals surface area contributed by atoms with Gasteiger partial charge in [0.15, 0.2) is 5.78 Å². The Balaban J connectivity index is 2.25. The Labute approximate surface area is 112 Å². The second-order valence-corrected chi connectivity index (χ2v) is 4.76. The zero-order chi connectivity index (χ0) is 13.8. The number of ether oxygens (including phenoxy) is 2. The van der Waals surface area contributed by atoms with Gasteiger partial charge in [-0.2, -0.15) is 0 Å². The first-order chi connectivity index (χ1) is 9.15. The molecule has 1 atom stereocenters. The van der Waals surface area contributed by atoms with E-state index in [-0.39, 0.29) is 17.5 Å². The van der Waals surface area contributed by atoms with E-state index >= 15 is 0 Å². The Bertz CT molecular complexity index is 493. The monoisotopic (exact) mass is 262 g/mol. The van der Waals surface area contributed by atoms with Crippen LogP contribution in [0.4, 0.5) is 0 Å². The Morgan fingerprint density at radius 2 is 2.05 bits per heavy atom. The highest BCUT2D eigenvalue weighted by molar-refractivity contribution is 6.02. The van der Waals surface area contributed by atoms with E-state index in [0.717, 1.165) is 12.8 Å². The topological polar surface area (TPSA) is 52.6 Å². The summed E-state index contributed by atoms with van der Waals surface area (Å²) in [5.74, 6) is 1.11. The molecule has 1 aromatic carbocycles. The van der Waals surface area contributed by atoms with Gasteiger partial charge in [0, 0.05) is 24.8 Å². The largest absolute Gasteiger partial charge is 0.497 e. The molecule has 4 heteroatoms. The maximum Gasteiger partial charge on any atom is 0.170 e. The Kier molecular flexibility index (Phi) is 4.20. The number of rotatable bonds is 4. The maximum atomic E-state index is 12.5. The first kappa shape index (κ1) is 13.6. The molecule has 0 saturated heterocycles. The number of carbonyl (C=O) groups excluding carboxylic acids is 2. The first-order valence-electron chi connectivity index (χ1n) is 6.43. The number of carbonyl (C=O) groups is 2. The van der Waals surface area contributed by atoms with Crippen molar-refractivity contribution in [1.82, 2.24) is 0 Å². The van der Waals surface area contributed by atoms with Crippen molar-refractivity contribution < 1.29 is 19.1 Å².